The molecule has 5 heteroatoms. The van der Waals surface area contributed by atoms with Crippen LogP contribution >= 0.6 is 0 Å². The van der Waals surface area contributed by atoms with Gasteiger partial charge in [-0.3, -0.25) is 4.68 Å². The molecule has 0 fully saturated rings. The van der Waals surface area contributed by atoms with E-state index in [1.165, 1.54) is 11.4 Å². The largest absolute Gasteiger partial charge is 0.370 e. The summed E-state index contributed by atoms with van der Waals surface area (Å²) in [5.74, 6) is 1.70. The fraction of sp³-hybridized carbons (Fsp3) is 0.600. The maximum Gasteiger partial charge on any atom is 0.125 e. The molecule has 2 aromatic rings. The number of hydrogen-bond donors (Lipinski definition) is 1. The number of aromatic nitrogens is 4. The van der Waals surface area contributed by atoms with Crippen molar-refractivity contribution in [2.24, 2.45) is 7.05 Å². The molecular formula is C15H23N5. The second-order valence-corrected chi connectivity index (χ2v) is 5.52. The van der Waals surface area contributed by atoms with Gasteiger partial charge in [0.05, 0.1) is 17.4 Å². The number of rotatable bonds is 4. The number of nitrogens with one attached hydrogen (secondary N) is 1. The van der Waals surface area contributed by atoms with Crippen LogP contribution in [-0.2, 0) is 7.05 Å². The molecule has 3 heterocycles. The molecule has 2 aromatic heterocycles. The van der Waals surface area contributed by atoms with Gasteiger partial charge in [-0.25, -0.2) is 4.68 Å². The molecule has 0 amide bonds. The molecule has 0 saturated carbocycles. The molecule has 1 aliphatic rings. The van der Waals surface area contributed by atoms with Crippen LogP contribution in [0.1, 0.15) is 56.5 Å². The summed E-state index contributed by atoms with van der Waals surface area (Å²) in [5, 5.41) is 12.6. The Morgan fingerprint density at radius 3 is 2.85 bits per heavy atom. The first-order valence-corrected chi connectivity index (χ1v) is 7.55. The molecule has 108 valence electrons. The van der Waals surface area contributed by atoms with Crippen LogP contribution in [0.4, 0.5) is 5.82 Å². The molecule has 20 heavy (non-hydrogen) atoms. The van der Waals surface area contributed by atoms with E-state index >= 15 is 0 Å². The van der Waals surface area contributed by atoms with Crippen molar-refractivity contribution in [1.29, 1.82) is 0 Å². The third kappa shape index (κ3) is 2.11. The smallest absolute Gasteiger partial charge is 0.125 e. The number of fused-ring (bicyclic) bond motifs is 1. The van der Waals surface area contributed by atoms with Crippen LogP contribution in [0.2, 0.25) is 0 Å². The summed E-state index contributed by atoms with van der Waals surface area (Å²) in [7, 11) is 2.00. The van der Waals surface area contributed by atoms with Crippen molar-refractivity contribution < 1.29 is 0 Å². The van der Waals surface area contributed by atoms with E-state index in [0.29, 0.717) is 12.0 Å². The third-order valence-electron chi connectivity index (χ3n) is 4.38. The zero-order valence-corrected chi connectivity index (χ0v) is 12.5. The van der Waals surface area contributed by atoms with E-state index in [4.69, 9.17) is 5.10 Å². The summed E-state index contributed by atoms with van der Waals surface area (Å²) >= 11 is 0. The predicted molar refractivity (Wildman–Crippen MR) is 80.0 cm³/mol. The Morgan fingerprint density at radius 2 is 2.20 bits per heavy atom. The monoisotopic (exact) mass is 273 g/mol. The Morgan fingerprint density at radius 1 is 1.40 bits per heavy atom. The van der Waals surface area contributed by atoms with Crippen molar-refractivity contribution in [3.8, 4) is 0 Å². The van der Waals surface area contributed by atoms with Crippen LogP contribution in [0.3, 0.4) is 0 Å². The fourth-order valence-corrected chi connectivity index (χ4v) is 3.13. The van der Waals surface area contributed by atoms with Crippen molar-refractivity contribution in [1.82, 2.24) is 19.6 Å². The number of aryl methyl sites for hydroxylation is 1. The van der Waals surface area contributed by atoms with Gasteiger partial charge >= 0.3 is 0 Å². The van der Waals surface area contributed by atoms with Gasteiger partial charge in [0.2, 0.25) is 0 Å². The molecule has 1 N–H and O–H groups in total. The molecular weight excluding hydrogens is 250 g/mol. The highest BCUT2D eigenvalue weighted by atomic mass is 15.4. The first-order valence-electron chi connectivity index (χ1n) is 7.55. The van der Waals surface area contributed by atoms with Crippen molar-refractivity contribution in [2.75, 3.05) is 11.9 Å². The molecule has 0 aromatic carbocycles. The summed E-state index contributed by atoms with van der Waals surface area (Å²) in [6.07, 6.45) is 5.20. The Balaban J connectivity index is 1.98. The van der Waals surface area contributed by atoms with Crippen LogP contribution in [-0.4, -0.2) is 26.1 Å². The number of anilines is 1. The van der Waals surface area contributed by atoms with E-state index in [-0.39, 0.29) is 0 Å². The normalized spacial score (nSPS) is 18.1. The van der Waals surface area contributed by atoms with Crippen molar-refractivity contribution in [2.45, 2.75) is 45.1 Å². The maximum atomic E-state index is 4.88. The number of hydrogen-bond acceptors (Lipinski definition) is 3. The molecule has 3 rings (SSSR count). The lowest BCUT2D eigenvalue weighted by Gasteiger charge is -2.25. The SMILES string of the molecule is CCC(CC)c1cc2n(n1)C(c1ccnn1C)CCN2. The van der Waals surface area contributed by atoms with Gasteiger partial charge in [0, 0.05) is 31.8 Å². The molecule has 1 aliphatic heterocycles. The zero-order valence-electron chi connectivity index (χ0n) is 12.5. The molecule has 0 aliphatic carbocycles. The Hall–Kier alpha value is -1.78. The Bertz CT molecular complexity index is 579. The van der Waals surface area contributed by atoms with Gasteiger partial charge < -0.3 is 5.32 Å². The van der Waals surface area contributed by atoms with Gasteiger partial charge in [0.15, 0.2) is 0 Å². The second kappa shape index (κ2) is 5.31. The average molecular weight is 273 g/mol. The standard InChI is InChI=1S/C15H23N5/c1-4-11(5-2)12-10-15-16-8-6-14(20(15)18-12)13-7-9-17-19(13)3/h7,9-11,14,16H,4-6,8H2,1-3H3. The summed E-state index contributed by atoms with van der Waals surface area (Å²) in [5.41, 5.74) is 2.44. The maximum absolute atomic E-state index is 4.88. The highest BCUT2D eigenvalue weighted by Gasteiger charge is 2.26. The van der Waals surface area contributed by atoms with Crippen LogP contribution in [0.25, 0.3) is 0 Å². The van der Waals surface area contributed by atoms with E-state index in [9.17, 15) is 0 Å². The predicted octanol–water partition coefficient (Wildman–Crippen LogP) is 2.93. The molecule has 5 nitrogen and oxygen atoms in total. The van der Waals surface area contributed by atoms with Gasteiger partial charge in [-0.1, -0.05) is 13.8 Å². The van der Waals surface area contributed by atoms with Gasteiger partial charge in [-0.05, 0) is 25.3 Å². The van der Waals surface area contributed by atoms with Gasteiger partial charge in [0.25, 0.3) is 0 Å². The molecule has 0 bridgehead atoms. The zero-order chi connectivity index (χ0) is 14.1. The Labute approximate surface area is 120 Å². The Kier molecular flexibility index (Phi) is 3.51. The van der Waals surface area contributed by atoms with Gasteiger partial charge in [-0.15, -0.1) is 0 Å². The first kappa shape index (κ1) is 13.2. The minimum absolute atomic E-state index is 0.293. The van der Waals surface area contributed by atoms with Crippen molar-refractivity contribution in [3.63, 3.8) is 0 Å². The molecule has 0 spiro atoms. The summed E-state index contributed by atoms with van der Waals surface area (Å²) in [4.78, 5) is 0. The highest BCUT2D eigenvalue weighted by molar-refractivity contribution is 5.41. The van der Waals surface area contributed by atoms with E-state index < -0.39 is 0 Å². The minimum atomic E-state index is 0.293. The van der Waals surface area contributed by atoms with Crippen LogP contribution in [0.15, 0.2) is 18.3 Å². The summed E-state index contributed by atoms with van der Waals surface area (Å²) < 4.78 is 4.10. The van der Waals surface area contributed by atoms with Gasteiger partial charge in [-0.2, -0.15) is 10.2 Å². The second-order valence-electron chi connectivity index (χ2n) is 5.52. The first-order chi connectivity index (χ1) is 9.74. The van der Waals surface area contributed by atoms with Crippen LogP contribution in [0.5, 0.6) is 0 Å². The fourth-order valence-electron chi connectivity index (χ4n) is 3.13. The quantitative estimate of drug-likeness (QED) is 0.931. The van der Waals surface area contributed by atoms with Crippen LogP contribution < -0.4 is 5.32 Å². The topological polar surface area (TPSA) is 47.7 Å². The highest BCUT2D eigenvalue weighted by Crippen LogP contribution is 2.32. The molecule has 0 saturated heterocycles. The average Bonchev–Trinajstić information content (AvgIpc) is 3.06. The third-order valence-corrected chi connectivity index (χ3v) is 4.38. The summed E-state index contributed by atoms with van der Waals surface area (Å²) in [6, 6.07) is 4.61. The molecule has 1 atom stereocenters. The van der Waals surface area contributed by atoms with E-state index in [2.05, 4.69) is 41.1 Å². The minimum Gasteiger partial charge on any atom is -0.370 e. The lowest BCUT2D eigenvalue weighted by atomic mass is 10.00. The lowest BCUT2D eigenvalue weighted by molar-refractivity contribution is 0.444. The molecule has 0 radical (unpaired) electrons. The molecule has 1 unspecified atom stereocenters. The van der Waals surface area contributed by atoms with E-state index in [0.717, 1.165) is 31.6 Å². The number of nitrogens with zero attached hydrogens (tertiary/aromatic N) is 4. The van der Waals surface area contributed by atoms with Crippen molar-refractivity contribution in [3.05, 3.63) is 29.7 Å². The van der Waals surface area contributed by atoms with E-state index in [1.807, 2.05) is 17.9 Å². The van der Waals surface area contributed by atoms with Crippen molar-refractivity contribution >= 4 is 5.82 Å². The summed E-state index contributed by atoms with van der Waals surface area (Å²) in [6.45, 7) is 5.46. The van der Waals surface area contributed by atoms with Gasteiger partial charge in [0.1, 0.15) is 5.82 Å². The van der Waals surface area contributed by atoms with Crippen LogP contribution in [0, 0.1) is 0 Å². The lowest BCUT2D eigenvalue weighted by Crippen LogP contribution is -2.26. The van der Waals surface area contributed by atoms with E-state index in [1.54, 1.807) is 0 Å².